The molecule has 3 N–H and O–H groups in total. The van der Waals surface area contributed by atoms with E-state index in [4.69, 9.17) is 22.4 Å². The Labute approximate surface area is 107 Å². The van der Waals surface area contributed by atoms with Gasteiger partial charge in [0.1, 0.15) is 6.04 Å². The summed E-state index contributed by atoms with van der Waals surface area (Å²) >= 11 is 5.79. The summed E-state index contributed by atoms with van der Waals surface area (Å²) in [6.07, 6.45) is 0. The molecule has 0 saturated carbocycles. The lowest BCUT2D eigenvalue weighted by atomic mass is 10.1. The number of halogens is 1. The average molecular weight is 269 g/mol. The summed E-state index contributed by atoms with van der Waals surface area (Å²) in [7, 11) is 0. The maximum Gasteiger partial charge on any atom is 0.322 e. The molecule has 6 nitrogen and oxygen atoms in total. The molecule has 0 spiro atoms. The Morgan fingerprint density at radius 1 is 1.44 bits per heavy atom. The average Bonchev–Trinajstić information content (AvgIpc) is 2.54. The van der Waals surface area contributed by atoms with Gasteiger partial charge in [0, 0.05) is 5.02 Å². The minimum Gasteiger partial charge on any atom is -0.480 e. The number of aliphatic carboxylic acids is 1. The van der Waals surface area contributed by atoms with Gasteiger partial charge < -0.3 is 15.7 Å². The van der Waals surface area contributed by atoms with Crippen LogP contribution in [0.4, 0.5) is 5.69 Å². The van der Waals surface area contributed by atoms with Crippen molar-refractivity contribution < 1.29 is 19.5 Å². The number of carboxylic acids is 1. The number of Topliss-reactive ketones (excluding diaryl/α,β-unsaturated/α-hetero) is 1. The van der Waals surface area contributed by atoms with Gasteiger partial charge >= 0.3 is 5.97 Å². The molecule has 1 atom stereocenters. The monoisotopic (exact) mass is 268 g/mol. The molecule has 0 saturated heterocycles. The highest BCUT2D eigenvalue weighted by Gasteiger charge is 2.37. The Balaban J connectivity index is 2.39. The Morgan fingerprint density at radius 2 is 2.11 bits per heavy atom. The summed E-state index contributed by atoms with van der Waals surface area (Å²) in [6, 6.07) is 3.11. The first kappa shape index (κ1) is 12.5. The number of fused-ring (bicyclic) bond motifs is 1. The molecule has 2 rings (SSSR count). The van der Waals surface area contributed by atoms with Crippen molar-refractivity contribution >= 4 is 34.9 Å². The van der Waals surface area contributed by atoms with E-state index < -0.39 is 23.7 Å². The Kier molecular flexibility index (Phi) is 3.06. The van der Waals surface area contributed by atoms with Crippen molar-refractivity contribution in [3.8, 4) is 0 Å². The normalized spacial score (nSPS) is 15.8. The molecule has 1 aromatic rings. The van der Waals surface area contributed by atoms with Crippen molar-refractivity contribution in [3.63, 3.8) is 0 Å². The van der Waals surface area contributed by atoms with Gasteiger partial charge in [0.2, 0.25) is 0 Å². The van der Waals surface area contributed by atoms with Crippen molar-refractivity contribution in [2.24, 2.45) is 5.73 Å². The lowest BCUT2D eigenvalue weighted by Crippen LogP contribution is -2.44. The van der Waals surface area contributed by atoms with Crippen molar-refractivity contribution in [1.29, 1.82) is 0 Å². The fourth-order valence-corrected chi connectivity index (χ4v) is 1.89. The number of hydrogen-bond donors (Lipinski definition) is 2. The van der Waals surface area contributed by atoms with E-state index in [9.17, 15) is 14.4 Å². The van der Waals surface area contributed by atoms with Crippen molar-refractivity contribution in [1.82, 2.24) is 0 Å². The number of ketones is 1. The summed E-state index contributed by atoms with van der Waals surface area (Å²) in [5, 5.41) is 9.08. The zero-order chi connectivity index (χ0) is 13.4. The zero-order valence-electron chi connectivity index (χ0n) is 9.09. The van der Waals surface area contributed by atoms with Gasteiger partial charge in [-0.05, 0) is 18.2 Å². The lowest BCUT2D eigenvalue weighted by molar-refractivity contribution is -0.138. The lowest BCUT2D eigenvalue weighted by Gasteiger charge is -2.18. The Hall–Kier alpha value is -1.92. The van der Waals surface area contributed by atoms with Gasteiger partial charge in [-0.25, -0.2) is 0 Å². The number of nitrogens with two attached hydrogens (primary N) is 1. The van der Waals surface area contributed by atoms with Crippen LogP contribution in [0.2, 0.25) is 5.02 Å². The number of benzene rings is 1. The number of carbonyl (C=O) groups excluding carboxylic acids is 2. The minimum absolute atomic E-state index is 0.210. The van der Waals surface area contributed by atoms with Crippen LogP contribution in [0, 0.1) is 0 Å². The first-order chi connectivity index (χ1) is 8.41. The number of rotatable bonds is 3. The quantitative estimate of drug-likeness (QED) is 0.767. The first-order valence-electron chi connectivity index (χ1n) is 5.06. The second-order valence-corrected chi connectivity index (χ2v) is 4.29. The van der Waals surface area contributed by atoms with E-state index in [0.717, 1.165) is 4.90 Å². The molecule has 94 valence electrons. The van der Waals surface area contributed by atoms with Gasteiger partial charge in [0.25, 0.3) is 11.7 Å². The highest BCUT2D eigenvalue weighted by molar-refractivity contribution is 6.52. The fourth-order valence-electron chi connectivity index (χ4n) is 1.72. The molecule has 1 aromatic carbocycles. The predicted molar refractivity (Wildman–Crippen MR) is 63.7 cm³/mol. The van der Waals surface area contributed by atoms with Crippen molar-refractivity contribution in [2.45, 2.75) is 6.04 Å². The molecule has 1 unspecified atom stereocenters. The Morgan fingerprint density at radius 3 is 2.72 bits per heavy atom. The second kappa shape index (κ2) is 4.40. The molecule has 18 heavy (non-hydrogen) atoms. The predicted octanol–water partition coefficient (Wildman–Crippen LogP) is 0.281. The number of amides is 1. The number of carbonyl (C=O) groups is 3. The van der Waals surface area contributed by atoms with Gasteiger partial charge in [-0.1, -0.05) is 11.6 Å². The maximum absolute atomic E-state index is 11.7. The summed E-state index contributed by atoms with van der Waals surface area (Å²) in [5.41, 5.74) is 5.87. The molecule has 7 heteroatoms. The number of carboxylic acid groups (broad SMARTS) is 1. The molecule has 0 radical (unpaired) electrons. The number of nitrogens with zero attached hydrogens (tertiary/aromatic N) is 1. The van der Waals surface area contributed by atoms with Gasteiger partial charge in [-0.3, -0.25) is 14.4 Å². The summed E-state index contributed by atoms with van der Waals surface area (Å²) in [5.74, 6) is -2.71. The minimum atomic E-state index is -1.26. The number of hydrogen-bond acceptors (Lipinski definition) is 4. The standard InChI is InChI=1S/C11H9ClN2O4/c12-5-1-2-6-8(3-5)14(10(16)9(6)15)4-7(13)11(17)18/h1-3,7H,4,13H2,(H,17,18). The third kappa shape index (κ3) is 1.96. The number of anilines is 1. The van der Waals surface area contributed by atoms with Crippen LogP contribution in [0.5, 0.6) is 0 Å². The largest absolute Gasteiger partial charge is 0.480 e. The van der Waals surface area contributed by atoms with Crippen LogP contribution in [-0.2, 0) is 9.59 Å². The van der Waals surface area contributed by atoms with Crippen molar-refractivity contribution in [2.75, 3.05) is 11.4 Å². The molecule has 0 aromatic heterocycles. The van der Waals surface area contributed by atoms with Crippen LogP contribution in [0.1, 0.15) is 10.4 Å². The van der Waals surface area contributed by atoms with E-state index >= 15 is 0 Å². The molecule has 0 bridgehead atoms. The second-order valence-electron chi connectivity index (χ2n) is 3.85. The summed E-state index contributed by atoms with van der Waals surface area (Å²) in [4.78, 5) is 35.1. The van der Waals surface area contributed by atoms with E-state index in [1.165, 1.54) is 18.2 Å². The van der Waals surface area contributed by atoms with Gasteiger partial charge in [0.15, 0.2) is 0 Å². The highest BCUT2D eigenvalue weighted by atomic mass is 35.5. The van der Waals surface area contributed by atoms with Crippen LogP contribution in [0.15, 0.2) is 18.2 Å². The molecule has 1 amide bonds. The topological polar surface area (TPSA) is 101 Å². The summed E-state index contributed by atoms with van der Waals surface area (Å²) in [6.45, 7) is -0.271. The molecule has 1 aliphatic heterocycles. The molecule has 1 aliphatic rings. The Bertz CT molecular complexity index is 558. The third-order valence-corrected chi connectivity index (χ3v) is 2.87. The van der Waals surface area contributed by atoms with Crippen LogP contribution < -0.4 is 10.6 Å². The molecule has 1 heterocycles. The van der Waals surface area contributed by atoms with E-state index in [1.54, 1.807) is 0 Å². The van der Waals surface area contributed by atoms with Crippen LogP contribution >= 0.6 is 11.6 Å². The van der Waals surface area contributed by atoms with E-state index in [0.29, 0.717) is 10.7 Å². The molecule has 0 fully saturated rings. The van der Waals surface area contributed by atoms with E-state index in [-0.39, 0.29) is 12.1 Å². The van der Waals surface area contributed by atoms with Crippen LogP contribution in [-0.4, -0.2) is 35.4 Å². The SMILES string of the molecule is NC(CN1C(=O)C(=O)c2ccc(Cl)cc21)C(=O)O. The van der Waals surface area contributed by atoms with Crippen molar-refractivity contribution in [3.05, 3.63) is 28.8 Å². The van der Waals surface area contributed by atoms with E-state index in [2.05, 4.69) is 0 Å². The van der Waals surface area contributed by atoms with Crippen LogP contribution in [0.3, 0.4) is 0 Å². The molecular formula is C11H9ClN2O4. The van der Waals surface area contributed by atoms with Gasteiger partial charge in [-0.15, -0.1) is 0 Å². The van der Waals surface area contributed by atoms with Gasteiger partial charge in [0.05, 0.1) is 17.8 Å². The summed E-state index contributed by atoms with van der Waals surface area (Å²) < 4.78 is 0. The first-order valence-corrected chi connectivity index (χ1v) is 5.43. The fraction of sp³-hybridized carbons (Fsp3) is 0.182. The van der Waals surface area contributed by atoms with Crippen LogP contribution in [0.25, 0.3) is 0 Å². The zero-order valence-corrected chi connectivity index (χ0v) is 9.85. The van der Waals surface area contributed by atoms with Gasteiger partial charge in [-0.2, -0.15) is 0 Å². The molecular weight excluding hydrogens is 260 g/mol. The maximum atomic E-state index is 11.7. The smallest absolute Gasteiger partial charge is 0.322 e. The highest BCUT2D eigenvalue weighted by Crippen LogP contribution is 2.31. The molecule has 0 aliphatic carbocycles. The third-order valence-electron chi connectivity index (χ3n) is 2.63. The van der Waals surface area contributed by atoms with E-state index in [1.807, 2.05) is 0 Å².